The quantitative estimate of drug-likeness (QED) is 0.240. The fraction of sp³-hybridized carbons (Fsp3) is 0.550. The lowest BCUT2D eigenvalue weighted by Gasteiger charge is -2.63. The van der Waals surface area contributed by atoms with Crippen LogP contribution >= 0.6 is 0 Å². The highest BCUT2D eigenvalue weighted by Gasteiger charge is 2.54. The van der Waals surface area contributed by atoms with Gasteiger partial charge in [0.05, 0.1) is 11.7 Å². The van der Waals surface area contributed by atoms with E-state index < -0.39 is 12.8 Å². The van der Waals surface area contributed by atoms with Gasteiger partial charge in [-0.25, -0.2) is 4.98 Å². The number of halogens is 3. The summed E-state index contributed by atoms with van der Waals surface area (Å²) in [6, 6.07) is 6.48. The molecular weight excluding hydrogens is 695 g/mol. The fourth-order valence-electron chi connectivity index (χ4n) is 10.1. The molecule has 1 N–H and O–H groups in total. The minimum Gasteiger partial charge on any atom is -0.481 e. The molecule has 0 unspecified atom stereocenters. The second kappa shape index (κ2) is 12.0. The van der Waals surface area contributed by atoms with E-state index in [4.69, 9.17) is 14.7 Å². The predicted octanol–water partition coefficient (Wildman–Crippen LogP) is 5.35. The van der Waals surface area contributed by atoms with E-state index in [1.165, 1.54) is 6.08 Å². The molecule has 2 spiro atoms. The van der Waals surface area contributed by atoms with E-state index in [9.17, 15) is 18.0 Å². The van der Waals surface area contributed by atoms with Crippen LogP contribution in [0.5, 0.6) is 5.75 Å². The molecule has 14 heteroatoms. The number of aromatic nitrogens is 4. The molecule has 1 saturated carbocycles. The van der Waals surface area contributed by atoms with Gasteiger partial charge in [-0.05, 0) is 80.5 Å². The summed E-state index contributed by atoms with van der Waals surface area (Å²) in [6.45, 7) is 13.1. The molecule has 11 nitrogen and oxygen atoms in total. The molecule has 5 saturated heterocycles. The molecule has 10 rings (SSSR count). The van der Waals surface area contributed by atoms with E-state index in [-0.39, 0.29) is 23.0 Å². The molecule has 6 fully saturated rings. The number of piperidine rings is 1. The van der Waals surface area contributed by atoms with Crippen LogP contribution in [-0.2, 0) is 4.79 Å². The van der Waals surface area contributed by atoms with Crippen LogP contribution in [0.15, 0.2) is 37.1 Å². The maximum Gasteiger partial charge on any atom is 0.422 e. The van der Waals surface area contributed by atoms with Gasteiger partial charge in [0.25, 0.3) is 0 Å². The van der Waals surface area contributed by atoms with Gasteiger partial charge in [-0.3, -0.25) is 14.8 Å². The number of amides is 1. The van der Waals surface area contributed by atoms with Crippen LogP contribution in [0.4, 0.5) is 24.9 Å². The Morgan fingerprint density at radius 2 is 1.74 bits per heavy atom. The summed E-state index contributed by atoms with van der Waals surface area (Å²) in [5.41, 5.74) is 5.10. The Labute approximate surface area is 312 Å². The summed E-state index contributed by atoms with van der Waals surface area (Å²) in [5, 5.41) is 8.92. The summed E-state index contributed by atoms with van der Waals surface area (Å²) < 4.78 is 48.4. The number of alkyl halides is 3. The number of ether oxygens (including phenoxy) is 1. The normalized spacial score (nSPS) is 22.7. The van der Waals surface area contributed by atoms with Gasteiger partial charge < -0.3 is 24.3 Å². The molecular formula is C40H46F3N9O2. The Hall–Kier alpha value is -4.43. The molecule has 1 amide bonds. The molecule has 0 bridgehead atoms. The van der Waals surface area contributed by atoms with Crippen LogP contribution in [0, 0.1) is 17.8 Å². The van der Waals surface area contributed by atoms with Gasteiger partial charge in [0.2, 0.25) is 11.9 Å². The van der Waals surface area contributed by atoms with Crippen molar-refractivity contribution in [1.29, 1.82) is 0 Å². The van der Waals surface area contributed by atoms with Crippen molar-refractivity contribution in [1.82, 2.24) is 34.9 Å². The van der Waals surface area contributed by atoms with Crippen molar-refractivity contribution < 1.29 is 22.7 Å². The molecule has 4 aromatic rings. The lowest BCUT2D eigenvalue weighted by atomic mass is 9.72. The Kier molecular flexibility index (Phi) is 7.60. The zero-order valence-corrected chi connectivity index (χ0v) is 30.9. The van der Waals surface area contributed by atoms with Crippen LogP contribution in [-0.4, -0.2) is 132 Å². The van der Waals surface area contributed by atoms with Gasteiger partial charge in [0, 0.05) is 98.7 Å². The van der Waals surface area contributed by atoms with E-state index in [2.05, 4.69) is 49.5 Å². The number of hydrogen-bond donors (Lipinski definition) is 1. The number of anilines is 2. The van der Waals surface area contributed by atoms with E-state index in [0.29, 0.717) is 41.6 Å². The van der Waals surface area contributed by atoms with Gasteiger partial charge in [0.15, 0.2) is 12.4 Å². The third kappa shape index (κ3) is 5.61. The number of benzene rings is 2. The SMILES string of the molecule is C=CC(=O)N1CC2(CCN(c3nc(N4CC(N5CC6(CN(C)C6)C5)C4)nc4c(OCC(F)(F)F)c(-c5c(C)ccc6[nH]ncc56)c(C5CC5)cc34)CC2)C1. The number of likely N-dealkylation sites (tertiary alicyclic amines) is 3. The molecule has 2 aromatic carbocycles. The van der Waals surface area contributed by atoms with Crippen molar-refractivity contribution in [3.63, 3.8) is 0 Å². The van der Waals surface area contributed by atoms with Crippen molar-refractivity contribution in [3.8, 4) is 16.9 Å². The molecule has 7 heterocycles. The van der Waals surface area contributed by atoms with Crippen LogP contribution in [0.3, 0.4) is 0 Å². The molecule has 0 atom stereocenters. The first-order valence-electron chi connectivity index (χ1n) is 19.3. The van der Waals surface area contributed by atoms with Crippen molar-refractivity contribution in [2.75, 3.05) is 88.9 Å². The number of aromatic amines is 1. The van der Waals surface area contributed by atoms with Crippen LogP contribution in [0.2, 0.25) is 0 Å². The second-order valence-corrected chi connectivity index (χ2v) is 17.2. The Balaban J connectivity index is 1.08. The van der Waals surface area contributed by atoms with Crippen molar-refractivity contribution in [2.45, 2.75) is 50.7 Å². The maximum absolute atomic E-state index is 14.1. The zero-order chi connectivity index (χ0) is 37.1. The summed E-state index contributed by atoms with van der Waals surface area (Å²) >= 11 is 0. The van der Waals surface area contributed by atoms with Gasteiger partial charge in [-0.2, -0.15) is 23.3 Å². The number of nitrogens with one attached hydrogen (secondary N) is 1. The number of aryl methyl sites for hydroxylation is 1. The largest absolute Gasteiger partial charge is 0.481 e. The highest BCUT2D eigenvalue weighted by molar-refractivity contribution is 6.06. The van der Waals surface area contributed by atoms with Crippen molar-refractivity contribution in [2.24, 2.45) is 10.8 Å². The van der Waals surface area contributed by atoms with E-state index in [0.717, 1.165) is 117 Å². The standard InChI is InChI=1S/C40H46F3N9O2/c1-4-31(53)52-19-38(20-52)9-11-49(12-10-38)36-28-13-27(25-6-7-25)33(32-24(2)5-8-30-29(32)14-44-47-30)35(54-23-40(41,42)43)34(28)45-37(46-36)50-15-26(16-50)51-21-39(22-51)17-48(3)18-39/h4-5,8,13-14,25-26H,1,6-7,9-12,15-23H2,2-3H3,(H,44,47). The Morgan fingerprint density at radius 3 is 2.41 bits per heavy atom. The van der Waals surface area contributed by atoms with Crippen LogP contribution in [0.25, 0.3) is 32.9 Å². The van der Waals surface area contributed by atoms with Gasteiger partial charge in [0.1, 0.15) is 11.3 Å². The third-order valence-electron chi connectivity index (χ3n) is 13.0. The van der Waals surface area contributed by atoms with Crippen molar-refractivity contribution in [3.05, 3.63) is 48.2 Å². The van der Waals surface area contributed by atoms with Gasteiger partial charge in [-0.1, -0.05) is 12.6 Å². The van der Waals surface area contributed by atoms with Crippen LogP contribution < -0.4 is 14.5 Å². The Bertz CT molecular complexity index is 2160. The first-order chi connectivity index (χ1) is 25.9. The first kappa shape index (κ1) is 34.1. The minimum atomic E-state index is -4.55. The van der Waals surface area contributed by atoms with Crippen molar-refractivity contribution >= 4 is 39.5 Å². The number of rotatable bonds is 8. The van der Waals surface area contributed by atoms with Crippen LogP contribution in [0.1, 0.15) is 42.7 Å². The van der Waals surface area contributed by atoms with E-state index in [1.807, 2.05) is 24.0 Å². The summed E-state index contributed by atoms with van der Waals surface area (Å²) in [5.74, 6) is 1.59. The number of carbonyl (C=O) groups excluding carboxylic acids is 1. The average molecular weight is 742 g/mol. The molecule has 54 heavy (non-hydrogen) atoms. The fourth-order valence-corrected chi connectivity index (χ4v) is 10.1. The zero-order valence-electron chi connectivity index (χ0n) is 30.9. The molecule has 0 radical (unpaired) electrons. The second-order valence-electron chi connectivity index (χ2n) is 17.2. The number of fused-ring (bicyclic) bond motifs is 2. The molecule has 5 aliphatic heterocycles. The summed E-state index contributed by atoms with van der Waals surface area (Å²) in [6.07, 6.45) is 2.24. The molecule has 2 aromatic heterocycles. The predicted molar refractivity (Wildman–Crippen MR) is 201 cm³/mol. The van der Waals surface area contributed by atoms with E-state index >= 15 is 0 Å². The molecule has 1 aliphatic carbocycles. The highest BCUT2D eigenvalue weighted by Crippen LogP contribution is 2.53. The van der Waals surface area contributed by atoms with Gasteiger partial charge in [-0.15, -0.1) is 0 Å². The molecule has 284 valence electrons. The smallest absolute Gasteiger partial charge is 0.422 e. The summed E-state index contributed by atoms with van der Waals surface area (Å²) in [4.78, 5) is 33.9. The Morgan fingerprint density at radius 1 is 1.00 bits per heavy atom. The third-order valence-corrected chi connectivity index (χ3v) is 13.0. The number of nitrogens with zero attached hydrogens (tertiary/aromatic N) is 8. The first-order valence-corrected chi connectivity index (χ1v) is 19.3. The lowest BCUT2D eigenvalue weighted by Crippen LogP contribution is -2.76. The number of hydrogen-bond acceptors (Lipinski definition) is 9. The van der Waals surface area contributed by atoms with E-state index in [1.54, 1.807) is 6.20 Å². The number of carbonyl (C=O) groups is 1. The monoisotopic (exact) mass is 741 g/mol. The van der Waals surface area contributed by atoms with Gasteiger partial charge >= 0.3 is 6.18 Å². The highest BCUT2D eigenvalue weighted by atomic mass is 19.4. The number of H-pyrrole nitrogens is 1. The lowest BCUT2D eigenvalue weighted by molar-refractivity contribution is -0.153. The molecule has 6 aliphatic rings. The topological polar surface area (TPSA) is 97.0 Å². The average Bonchev–Trinajstić information content (AvgIpc) is 3.82. The summed E-state index contributed by atoms with van der Waals surface area (Å²) in [7, 11) is 2.17. The maximum atomic E-state index is 14.1. The minimum absolute atomic E-state index is 0.0353.